The van der Waals surface area contributed by atoms with Crippen molar-refractivity contribution < 1.29 is 14.4 Å². The standard InChI is InChI=1S/C24H32N4O3/c29-21(13-24-10-15-7-16(11-24)9-17(8-15)12-24)25-14-22(30)26-18-1-3-19(4-2-18)27-23(31)28-20-5-6-20/h1-4,15-17,20H,5-14H2,(H,25,29)(H,26,30)(H2,27,28,31). The largest absolute Gasteiger partial charge is 0.347 e. The number of amides is 4. The highest BCUT2D eigenvalue weighted by molar-refractivity contribution is 5.95. The first kappa shape index (κ1) is 20.3. The first-order chi connectivity index (χ1) is 14.9. The van der Waals surface area contributed by atoms with Gasteiger partial charge in [-0.2, -0.15) is 0 Å². The average Bonchev–Trinajstić information content (AvgIpc) is 3.50. The number of nitrogens with one attached hydrogen (secondary N) is 4. The molecule has 4 N–H and O–H groups in total. The van der Waals surface area contributed by atoms with Gasteiger partial charge in [-0.25, -0.2) is 4.79 Å². The second kappa shape index (κ2) is 8.17. The van der Waals surface area contributed by atoms with Gasteiger partial charge >= 0.3 is 6.03 Å². The molecule has 5 fully saturated rings. The van der Waals surface area contributed by atoms with E-state index in [2.05, 4.69) is 21.3 Å². The zero-order chi connectivity index (χ0) is 21.4. The summed E-state index contributed by atoms with van der Waals surface area (Å²) >= 11 is 0. The normalized spacial score (nSPS) is 30.5. The Morgan fingerprint density at radius 3 is 1.90 bits per heavy atom. The maximum atomic E-state index is 12.6. The number of hydrogen-bond donors (Lipinski definition) is 4. The predicted molar refractivity (Wildman–Crippen MR) is 118 cm³/mol. The molecule has 5 saturated carbocycles. The van der Waals surface area contributed by atoms with Crippen LogP contribution in [0.5, 0.6) is 0 Å². The smallest absolute Gasteiger partial charge is 0.319 e. The Labute approximate surface area is 183 Å². The predicted octanol–water partition coefficient (Wildman–Crippen LogP) is 3.63. The minimum atomic E-state index is -0.244. The van der Waals surface area contributed by atoms with E-state index >= 15 is 0 Å². The molecule has 0 spiro atoms. The average molecular weight is 425 g/mol. The quantitative estimate of drug-likeness (QED) is 0.538. The van der Waals surface area contributed by atoms with Gasteiger partial charge in [0, 0.05) is 23.8 Å². The van der Waals surface area contributed by atoms with Crippen molar-refractivity contribution in [1.82, 2.24) is 10.6 Å². The highest BCUT2D eigenvalue weighted by Gasteiger charge is 2.51. The molecule has 5 aliphatic carbocycles. The van der Waals surface area contributed by atoms with Gasteiger partial charge in [0.1, 0.15) is 0 Å². The summed E-state index contributed by atoms with van der Waals surface area (Å²) in [6.45, 7) is -0.0189. The van der Waals surface area contributed by atoms with Crippen molar-refractivity contribution >= 4 is 29.2 Å². The van der Waals surface area contributed by atoms with E-state index < -0.39 is 0 Å². The van der Waals surface area contributed by atoms with Gasteiger partial charge in [0.15, 0.2) is 0 Å². The summed E-state index contributed by atoms with van der Waals surface area (Å²) in [5.74, 6) is 2.21. The number of anilines is 2. The molecule has 0 unspecified atom stereocenters. The van der Waals surface area contributed by atoms with Crippen LogP contribution in [0.25, 0.3) is 0 Å². The minimum absolute atomic E-state index is 0.00155. The number of urea groups is 1. The molecule has 1 aromatic carbocycles. The summed E-state index contributed by atoms with van der Waals surface area (Å²) in [5.41, 5.74) is 1.48. The van der Waals surface area contributed by atoms with E-state index in [4.69, 9.17) is 0 Å². The molecule has 7 nitrogen and oxygen atoms in total. The minimum Gasteiger partial charge on any atom is -0.347 e. The molecule has 31 heavy (non-hydrogen) atoms. The second-order valence-corrected chi connectivity index (χ2v) is 10.4. The molecule has 4 bridgehead atoms. The van der Waals surface area contributed by atoms with Gasteiger partial charge in [0.05, 0.1) is 6.54 Å². The number of rotatable bonds is 7. The van der Waals surface area contributed by atoms with E-state index in [1.807, 2.05) is 0 Å². The van der Waals surface area contributed by atoms with Crippen LogP contribution in [0.2, 0.25) is 0 Å². The maximum Gasteiger partial charge on any atom is 0.319 e. The lowest BCUT2D eigenvalue weighted by molar-refractivity contribution is -0.131. The zero-order valence-electron chi connectivity index (χ0n) is 17.9. The fourth-order valence-corrected chi connectivity index (χ4v) is 6.51. The van der Waals surface area contributed by atoms with Crippen LogP contribution in [0, 0.1) is 23.2 Å². The van der Waals surface area contributed by atoms with Gasteiger partial charge in [-0.1, -0.05) is 0 Å². The van der Waals surface area contributed by atoms with Crippen LogP contribution in [0.4, 0.5) is 16.2 Å². The van der Waals surface area contributed by atoms with Crippen LogP contribution in [-0.2, 0) is 9.59 Å². The van der Waals surface area contributed by atoms with E-state index in [1.54, 1.807) is 24.3 Å². The van der Waals surface area contributed by atoms with Crippen molar-refractivity contribution in [3.05, 3.63) is 24.3 Å². The maximum absolute atomic E-state index is 12.6. The molecule has 0 aliphatic heterocycles. The summed E-state index contributed by atoms with van der Waals surface area (Å²) in [6, 6.07) is 7.06. The van der Waals surface area contributed by atoms with E-state index in [0.29, 0.717) is 23.8 Å². The summed E-state index contributed by atoms with van der Waals surface area (Å²) in [6.07, 6.45) is 10.3. The topological polar surface area (TPSA) is 99.3 Å². The number of carbonyl (C=O) groups is 3. The van der Waals surface area contributed by atoms with Crippen molar-refractivity contribution in [3.8, 4) is 0 Å². The van der Waals surface area contributed by atoms with Crippen molar-refractivity contribution in [2.24, 2.45) is 23.2 Å². The Morgan fingerprint density at radius 2 is 1.35 bits per heavy atom. The van der Waals surface area contributed by atoms with Crippen LogP contribution >= 0.6 is 0 Å². The summed E-state index contributed by atoms with van der Waals surface area (Å²) in [5, 5.41) is 11.3. The molecule has 4 amide bonds. The fourth-order valence-electron chi connectivity index (χ4n) is 6.51. The SMILES string of the molecule is O=C(CC12CC3CC(CC(C3)C1)C2)NCC(=O)Nc1ccc(NC(=O)NC2CC2)cc1. The molecule has 5 aliphatic rings. The summed E-state index contributed by atoms with van der Waals surface area (Å²) in [4.78, 5) is 36.6. The lowest BCUT2D eigenvalue weighted by Crippen LogP contribution is -2.48. The third-order valence-electron chi connectivity index (χ3n) is 7.49. The van der Waals surface area contributed by atoms with E-state index in [1.165, 1.54) is 38.5 Å². The zero-order valence-corrected chi connectivity index (χ0v) is 17.9. The van der Waals surface area contributed by atoms with Crippen molar-refractivity contribution in [1.29, 1.82) is 0 Å². The molecule has 0 saturated heterocycles. The lowest BCUT2D eigenvalue weighted by atomic mass is 9.49. The van der Waals surface area contributed by atoms with E-state index in [-0.39, 0.29) is 29.8 Å². The molecular formula is C24H32N4O3. The number of benzene rings is 1. The van der Waals surface area contributed by atoms with Gasteiger partial charge in [-0.15, -0.1) is 0 Å². The highest BCUT2D eigenvalue weighted by atomic mass is 16.2. The van der Waals surface area contributed by atoms with Crippen LogP contribution < -0.4 is 21.3 Å². The van der Waals surface area contributed by atoms with Gasteiger partial charge in [-0.3, -0.25) is 9.59 Å². The fraction of sp³-hybridized carbons (Fsp3) is 0.625. The highest BCUT2D eigenvalue weighted by Crippen LogP contribution is 2.61. The van der Waals surface area contributed by atoms with E-state index in [0.717, 1.165) is 30.6 Å². The van der Waals surface area contributed by atoms with Gasteiger partial charge in [-0.05, 0) is 98.8 Å². The Kier molecular flexibility index (Phi) is 5.36. The van der Waals surface area contributed by atoms with Crippen LogP contribution in [0.1, 0.15) is 57.8 Å². The summed E-state index contributed by atoms with van der Waals surface area (Å²) < 4.78 is 0. The molecule has 166 valence electrons. The van der Waals surface area contributed by atoms with Gasteiger partial charge in [0.2, 0.25) is 11.8 Å². The van der Waals surface area contributed by atoms with Gasteiger partial charge in [0.25, 0.3) is 0 Å². The number of hydrogen-bond acceptors (Lipinski definition) is 3. The first-order valence-corrected chi connectivity index (χ1v) is 11.7. The Balaban J connectivity index is 1.05. The Morgan fingerprint density at radius 1 is 0.806 bits per heavy atom. The lowest BCUT2D eigenvalue weighted by Gasteiger charge is -2.56. The second-order valence-electron chi connectivity index (χ2n) is 10.4. The molecular weight excluding hydrogens is 392 g/mol. The van der Waals surface area contributed by atoms with E-state index in [9.17, 15) is 14.4 Å². The van der Waals surface area contributed by atoms with Crippen molar-refractivity contribution in [2.45, 2.75) is 63.8 Å². The molecule has 0 heterocycles. The Bertz CT molecular complexity index is 827. The van der Waals surface area contributed by atoms with Gasteiger partial charge < -0.3 is 21.3 Å². The molecule has 6 rings (SSSR count). The molecule has 1 aromatic rings. The van der Waals surface area contributed by atoms with Crippen LogP contribution in [0.15, 0.2) is 24.3 Å². The van der Waals surface area contributed by atoms with Crippen molar-refractivity contribution in [3.63, 3.8) is 0 Å². The molecule has 0 atom stereocenters. The van der Waals surface area contributed by atoms with Crippen molar-refractivity contribution in [2.75, 3.05) is 17.2 Å². The van der Waals surface area contributed by atoms with Crippen LogP contribution in [-0.4, -0.2) is 30.4 Å². The third kappa shape index (κ3) is 5.02. The monoisotopic (exact) mass is 424 g/mol. The molecule has 0 aromatic heterocycles. The third-order valence-corrected chi connectivity index (χ3v) is 7.49. The molecule has 7 heteroatoms. The Hall–Kier alpha value is -2.57. The van der Waals surface area contributed by atoms with Crippen LogP contribution in [0.3, 0.4) is 0 Å². The summed E-state index contributed by atoms with van der Waals surface area (Å²) in [7, 11) is 0. The first-order valence-electron chi connectivity index (χ1n) is 11.7. The molecule has 0 radical (unpaired) electrons. The number of carbonyl (C=O) groups excluding carboxylic acids is 3.